The molecular weight excluding hydrogens is 194 g/mol. The second-order valence-electron chi connectivity index (χ2n) is 3.14. The lowest BCUT2D eigenvalue weighted by molar-refractivity contribution is 1.02. The summed E-state index contributed by atoms with van der Waals surface area (Å²) in [5.41, 5.74) is 1.14. The summed E-state index contributed by atoms with van der Waals surface area (Å²) >= 11 is 0. The fourth-order valence-corrected chi connectivity index (χ4v) is 1.31. The van der Waals surface area contributed by atoms with Crippen molar-refractivity contribution in [3.8, 4) is 0 Å². The number of nitrogens with zero attached hydrogens (tertiary/aromatic N) is 1. The van der Waals surface area contributed by atoms with Gasteiger partial charge in [-0.1, -0.05) is 45.1 Å². The van der Waals surface area contributed by atoms with Crippen LogP contribution in [0.4, 0.5) is 0 Å². The van der Waals surface area contributed by atoms with Gasteiger partial charge in [0.25, 0.3) is 0 Å². The van der Waals surface area contributed by atoms with Crippen LogP contribution in [-0.2, 0) is 6.42 Å². The highest BCUT2D eigenvalue weighted by Crippen LogP contribution is 1.86. The Morgan fingerprint density at radius 1 is 1.19 bits per heavy atom. The Labute approximate surface area is 99.2 Å². The molecule has 0 spiro atoms. The standard InChI is InChI=1S/C13H17N.C2H6/c1-4-7-8-12-9-13(6-3)14-10-11(12)5-2;1-2/h4-5,7-10H,6H2,1-3H3;1-2H3/b7-4-,11-5-,12-8-;. The molecule has 0 saturated carbocycles. The maximum absolute atomic E-state index is 4.36. The van der Waals surface area contributed by atoms with Crippen LogP contribution in [0, 0.1) is 0 Å². The van der Waals surface area contributed by atoms with E-state index >= 15 is 0 Å². The molecule has 0 aliphatic carbocycles. The summed E-state index contributed by atoms with van der Waals surface area (Å²) in [6.45, 7) is 10.2. The molecule has 0 amide bonds. The minimum Gasteiger partial charge on any atom is -0.261 e. The molecule has 0 radical (unpaired) electrons. The molecule has 1 rings (SSSR count). The van der Waals surface area contributed by atoms with Crippen LogP contribution in [-0.4, -0.2) is 4.98 Å². The first kappa shape index (κ1) is 14.6. The zero-order valence-electron chi connectivity index (χ0n) is 11.1. The van der Waals surface area contributed by atoms with Gasteiger partial charge in [-0.25, -0.2) is 0 Å². The van der Waals surface area contributed by atoms with Crippen molar-refractivity contribution < 1.29 is 0 Å². The van der Waals surface area contributed by atoms with Gasteiger partial charge in [0.15, 0.2) is 0 Å². The largest absolute Gasteiger partial charge is 0.261 e. The Morgan fingerprint density at radius 2 is 1.88 bits per heavy atom. The van der Waals surface area contributed by atoms with E-state index in [1.165, 1.54) is 10.4 Å². The lowest BCUT2D eigenvalue weighted by Gasteiger charge is -1.95. The minimum absolute atomic E-state index is 0.987. The van der Waals surface area contributed by atoms with Gasteiger partial charge >= 0.3 is 0 Å². The molecule has 0 aliphatic rings. The van der Waals surface area contributed by atoms with E-state index in [4.69, 9.17) is 0 Å². The molecule has 1 heteroatoms. The highest BCUT2D eigenvalue weighted by atomic mass is 14.7. The Balaban J connectivity index is 0.00000106. The number of allylic oxidation sites excluding steroid dienone is 2. The van der Waals surface area contributed by atoms with E-state index in [0.29, 0.717) is 0 Å². The van der Waals surface area contributed by atoms with Gasteiger partial charge < -0.3 is 0 Å². The molecule has 16 heavy (non-hydrogen) atoms. The molecule has 0 saturated heterocycles. The van der Waals surface area contributed by atoms with Gasteiger partial charge in [-0.3, -0.25) is 4.98 Å². The van der Waals surface area contributed by atoms with Crippen molar-refractivity contribution >= 4 is 12.2 Å². The third kappa shape index (κ3) is 4.43. The number of aryl methyl sites for hydroxylation is 1. The number of pyridine rings is 1. The molecule has 0 fully saturated rings. The maximum Gasteiger partial charge on any atom is 0.0407 e. The Hall–Kier alpha value is -1.37. The first-order chi connectivity index (χ1) is 7.81. The molecule has 0 unspecified atom stereocenters. The summed E-state index contributed by atoms with van der Waals surface area (Å²) in [5.74, 6) is 0. The molecule has 1 aromatic rings. The van der Waals surface area contributed by atoms with Crippen molar-refractivity contribution in [1.82, 2.24) is 4.98 Å². The maximum atomic E-state index is 4.36. The zero-order valence-corrected chi connectivity index (χ0v) is 11.1. The van der Waals surface area contributed by atoms with Gasteiger partial charge in [0.2, 0.25) is 0 Å². The molecule has 0 atom stereocenters. The zero-order chi connectivity index (χ0) is 12.4. The monoisotopic (exact) mass is 217 g/mol. The van der Waals surface area contributed by atoms with Gasteiger partial charge in [-0.2, -0.15) is 0 Å². The lowest BCUT2D eigenvalue weighted by atomic mass is 10.2. The Bertz CT molecular complexity index is 427. The van der Waals surface area contributed by atoms with E-state index in [-0.39, 0.29) is 0 Å². The van der Waals surface area contributed by atoms with E-state index in [2.05, 4.69) is 36.2 Å². The molecule has 1 nitrogen and oxygen atoms in total. The topological polar surface area (TPSA) is 12.9 Å². The molecule has 1 heterocycles. The average Bonchev–Trinajstić information content (AvgIpc) is 2.38. The summed E-state index contributed by atoms with van der Waals surface area (Å²) < 4.78 is 0. The Morgan fingerprint density at radius 3 is 2.38 bits per heavy atom. The SMILES string of the molecule is CC.C\C=C/C=c1/cc(CC)nc/c1=C/C. The third-order valence-corrected chi connectivity index (χ3v) is 2.17. The van der Waals surface area contributed by atoms with Crippen molar-refractivity contribution in [1.29, 1.82) is 0 Å². The smallest absolute Gasteiger partial charge is 0.0407 e. The van der Waals surface area contributed by atoms with Gasteiger partial charge in [0, 0.05) is 11.9 Å². The molecular formula is C15H23N. The molecule has 1 aromatic heterocycles. The predicted molar refractivity (Wildman–Crippen MR) is 73.6 cm³/mol. The van der Waals surface area contributed by atoms with E-state index in [9.17, 15) is 0 Å². The second kappa shape index (κ2) is 8.90. The number of aromatic nitrogens is 1. The van der Waals surface area contributed by atoms with Crippen molar-refractivity contribution in [3.05, 3.63) is 40.5 Å². The van der Waals surface area contributed by atoms with Gasteiger partial charge in [0.05, 0.1) is 0 Å². The van der Waals surface area contributed by atoms with Gasteiger partial charge in [-0.15, -0.1) is 0 Å². The molecule has 0 N–H and O–H groups in total. The predicted octanol–water partition coefficient (Wildman–Crippen LogP) is 2.83. The van der Waals surface area contributed by atoms with Crippen molar-refractivity contribution in [2.75, 3.05) is 0 Å². The number of rotatable bonds is 2. The first-order valence-electron chi connectivity index (χ1n) is 6.06. The van der Waals surface area contributed by atoms with Gasteiger partial charge in [-0.05, 0) is 36.8 Å². The number of hydrogen-bond acceptors (Lipinski definition) is 1. The quantitative estimate of drug-likeness (QED) is 0.742. The summed E-state index contributed by atoms with van der Waals surface area (Å²) in [5, 5.41) is 2.44. The average molecular weight is 217 g/mol. The molecule has 0 aromatic carbocycles. The second-order valence-corrected chi connectivity index (χ2v) is 3.14. The van der Waals surface area contributed by atoms with Crippen LogP contribution in [0.3, 0.4) is 0 Å². The van der Waals surface area contributed by atoms with E-state index in [0.717, 1.165) is 12.1 Å². The third-order valence-electron chi connectivity index (χ3n) is 2.17. The van der Waals surface area contributed by atoms with Crippen LogP contribution in [0.2, 0.25) is 0 Å². The summed E-state index contributed by atoms with van der Waals surface area (Å²) in [6, 6.07) is 2.15. The highest BCUT2D eigenvalue weighted by molar-refractivity contribution is 5.38. The fourth-order valence-electron chi connectivity index (χ4n) is 1.31. The summed E-state index contributed by atoms with van der Waals surface area (Å²) in [7, 11) is 0. The molecule has 0 bridgehead atoms. The van der Waals surface area contributed by atoms with Crippen molar-refractivity contribution in [2.24, 2.45) is 0 Å². The van der Waals surface area contributed by atoms with Gasteiger partial charge in [0.1, 0.15) is 0 Å². The van der Waals surface area contributed by atoms with Crippen molar-refractivity contribution in [3.63, 3.8) is 0 Å². The van der Waals surface area contributed by atoms with Crippen LogP contribution in [0.5, 0.6) is 0 Å². The van der Waals surface area contributed by atoms with E-state index in [1.807, 2.05) is 40.0 Å². The first-order valence-corrected chi connectivity index (χ1v) is 6.06. The van der Waals surface area contributed by atoms with Crippen molar-refractivity contribution in [2.45, 2.75) is 41.0 Å². The van der Waals surface area contributed by atoms with Crippen LogP contribution in [0.25, 0.3) is 12.2 Å². The molecule has 88 valence electrons. The molecule has 0 aliphatic heterocycles. The van der Waals surface area contributed by atoms with Crippen LogP contribution in [0.1, 0.15) is 40.3 Å². The Kier molecular flexibility index (Phi) is 8.14. The number of hydrogen-bond donors (Lipinski definition) is 0. The van der Waals surface area contributed by atoms with E-state index < -0.39 is 0 Å². The fraction of sp³-hybridized carbons (Fsp3) is 0.400. The van der Waals surface area contributed by atoms with E-state index in [1.54, 1.807) is 0 Å². The van der Waals surface area contributed by atoms with Crippen LogP contribution in [0.15, 0.2) is 24.4 Å². The summed E-state index contributed by atoms with van der Waals surface area (Å²) in [6.07, 6.45) is 11.2. The highest BCUT2D eigenvalue weighted by Gasteiger charge is 1.89. The minimum atomic E-state index is 0.987. The normalized spacial score (nSPS) is 12.8. The summed E-state index contributed by atoms with van der Waals surface area (Å²) in [4.78, 5) is 4.36. The van der Waals surface area contributed by atoms with Crippen LogP contribution >= 0.6 is 0 Å². The van der Waals surface area contributed by atoms with Crippen LogP contribution < -0.4 is 10.4 Å². The lowest BCUT2D eigenvalue weighted by Crippen LogP contribution is -2.25.